The summed E-state index contributed by atoms with van der Waals surface area (Å²) < 4.78 is 11.2. The second kappa shape index (κ2) is 3.42. The van der Waals surface area contributed by atoms with Crippen molar-refractivity contribution in [2.24, 2.45) is 0 Å². The molecule has 0 fully saturated rings. The Bertz CT molecular complexity index is 549. The van der Waals surface area contributed by atoms with Crippen LogP contribution in [0.1, 0.15) is 5.56 Å². The van der Waals surface area contributed by atoms with E-state index in [1.165, 1.54) is 0 Å². The molecule has 2 aliphatic rings. The first kappa shape index (κ1) is 9.05. The molecule has 0 aliphatic carbocycles. The van der Waals surface area contributed by atoms with Crippen LogP contribution < -0.4 is 4.74 Å². The molecule has 3 heteroatoms. The van der Waals surface area contributed by atoms with Gasteiger partial charge in [0.25, 0.3) is 0 Å². The van der Waals surface area contributed by atoms with Gasteiger partial charge in [0.05, 0.1) is 17.2 Å². The lowest BCUT2D eigenvalue weighted by Gasteiger charge is -2.25. The number of nitriles is 1. The van der Waals surface area contributed by atoms with Crippen molar-refractivity contribution in [2.75, 3.05) is 13.2 Å². The number of rotatable bonds is 0. The lowest BCUT2D eigenvalue weighted by molar-refractivity contribution is 0.278. The summed E-state index contributed by atoms with van der Waals surface area (Å²) in [6, 6.07) is 9.88. The first-order chi connectivity index (χ1) is 7.88. The summed E-state index contributed by atoms with van der Waals surface area (Å²) in [5, 5.41) is 8.81. The quantitative estimate of drug-likeness (QED) is 0.661. The van der Waals surface area contributed by atoms with Crippen molar-refractivity contribution in [1.29, 1.82) is 5.26 Å². The molecule has 0 amide bonds. The van der Waals surface area contributed by atoms with E-state index in [9.17, 15) is 0 Å². The van der Waals surface area contributed by atoms with E-state index in [0.717, 1.165) is 22.6 Å². The second-order valence-electron chi connectivity index (χ2n) is 3.71. The molecular weight excluding hydrogens is 202 g/mol. The second-order valence-corrected chi connectivity index (χ2v) is 3.71. The Kier molecular flexibility index (Phi) is 1.94. The fraction of sp³-hybridized carbons (Fsp3) is 0.154. The maximum Gasteiger partial charge on any atom is 0.137 e. The van der Waals surface area contributed by atoms with Crippen LogP contribution in [0.3, 0.4) is 0 Å². The number of ether oxygens (including phenoxy) is 2. The molecule has 1 aromatic rings. The SMILES string of the molecule is N#CC1=CC2=C(OC1)c1ccccc1OC2. The van der Waals surface area contributed by atoms with E-state index in [0.29, 0.717) is 18.8 Å². The number of hydrogen-bond donors (Lipinski definition) is 0. The minimum Gasteiger partial charge on any atom is -0.488 e. The van der Waals surface area contributed by atoms with Gasteiger partial charge in [0.2, 0.25) is 0 Å². The Morgan fingerprint density at radius 3 is 2.88 bits per heavy atom. The summed E-state index contributed by atoms with van der Waals surface area (Å²) in [5.74, 6) is 1.69. The third-order valence-electron chi connectivity index (χ3n) is 2.67. The summed E-state index contributed by atoms with van der Waals surface area (Å²) >= 11 is 0. The molecule has 0 unspecified atom stereocenters. The van der Waals surface area contributed by atoms with E-state index in [1.54, 1.807) is 0 Å². The van der Waals surface area contributed by atoms with Gasteiger partial charge in [-0.2, -0.15) is 5.26 Å². The molecule has 0 bridgehead atoms. The zero-order valence-electron chi connectivity index (χ0n) is 8.56. The summed E-state index contributed by atoms with van der Waals surface area (Å²) in [5.41, 5.74) is 2.56. The van der Waals surface area contributed by atoms with Gasteiger partial charge in [0.1, 0.15) is 24.7 Å². The Morgan fingerprint density at radius 2 is 2.00 bits per heavy atom. The monoisotopic (exact) mass is 211 g/mol. The van der Waals surface area contributed by atoms with E-state index in [2.05, 4.69) is 6.07 Å². The molecule has 0 atom stereocenters. The molecule has 3 nitrogen and oxygen atoms in total. The lowest BCUT2D eigenvalue weighted by Crippen LogP contribution is -2.16. The van der Waals surface area contributed by atoms with Crippen LogP contribution >= 0.6 is 0 Å². The van der Waals surface area contributed by atoms with Crippen LogP contribution in [-0.4, -0.2) is 13.2 Å². The summed E-state index contributed by atoms with van der Waals surface area (Å²) in [6.45, 7) is 0.821. The van der Waals surface area contributed by atoms with Gasteiger partial charge in [0.15, 0.2) is 0 Å². The number of hydrogen-bond acceptors (Lipinski definition) is 3. The van der Waals surface area contributed by atoms with Crippen LogP contribution in [0.5, 0.6) is 5.75 Å². The Balaban J connectivity index is 2.13. The van der Waals surface area contributed by atoms with Crippen molar-refractivity contribution in [3.63, 3.8) is 0 Å². The highest BCUT2D eigenvalue weighted by Crippen LogP contribution is 2.36. The zero-order valence-corrected chi connectivity index (χ0v) is 8.56. The molecule has 0 saturated heterocycles. The molecular formula is C13H9NO2. The van der Waals surface area contributed by atoms with Crippen LogP contribution in [-0.2, 0) is 4.74 Å². The van der Waals surface area contributed by atoms with Crippen LogP contribution in [0.2, 0.25) is 0 Å². The van der Waals surface area contributed by atoms with Crippen LogP contribution in [0.4, 0.5) is 0 Å². The molecule has 0 spiro atoms. The largest absolute Gasteiger partial charge is 0.488 e. The van der Waals surface area contributed by atoms with Crippen LogP contribution in [0.25, 0.3) is 5.76 Å². The molecule has 2 aliphatic heterocycles. The summed E-state index contributed by atoms with van der Waals surface area (Å²) in [6.07, 6.45) is 1.86. The molecule has 0 saturated carbocycles. The molecule has 2 heterocycles. The first-order valence-electron chi connectivity index (χ1n) is 5.07. The Hall–Kier alpha value is -2.21. The number of fused-ring (bicyclic) bond motifs is 2. The fourth-order valence-corrected chi connectivity index (χ4v) is 1.92. The highest BCUT2D eigenvalue weighted by atomic mass is 16.5. The predicted molar refractivity (Wildman–Crippen MR) is 58.5 cm³/mol. The standard InChI is InChI=1S/C13H9NO2/c14-6-9-5-10-8-15-12-4-2-1-3-11(12)13(10)16-7-9/h1-5H,7-8H2. The number of benzene rings is 1. The van der Waals surface area contributed by atoms with Crippen molar-refractivity contribution in [1.82, 2.24) is 0 Å². The van der Waals surface area contributed by atoms with E-state index in [1.807, 2.05) is 30.3 Å². The third-order valence-corrected chi connectivity index (χ3v) is 2.67. The van der Waals surface area contributed by atoms with E-state index >= 15 is 0 Å². The van der Waals surface area contributed by atoms with Crippen molar-refractivity contribution in [3.05, 3.63) is 47.1 Å². The summed E-state index contributed by atoms with van der Waals surface area (Å²) in [4.78, 5) is 0. The van der Waals surface area contributed by atoms with Gasteiger partial charge in [-0.15, -0.1) is 0 Å². The Morgan fingerprint density at radius 1 is 1.12 bits per heavy atom. The van der Waals surface area contributed by atoms with Crippen molar-refractivity contribution >= 4 is 5.76 Å². The average molecular weight is 211 g/mol. The molecule has 3 rings (SSSR count). The Labute approximate surface area is 93.2 Å². The third kappa shape index (κ3) is 1.28. The van der Waals surface area contributed by atoms with Crippen molar-refractivity contribution in [3.8, 4) is 11.8 Å². The van der Waals surface area contributed by atoms with Gasteiger partial charge in [0, 0.05) is 5.57 Å². The molecule has 1 aromatic carbocycles. The topological polar surface area (TPSA) is 42.2 Å². The van der Waals surface area contributed by atoms with Crippen LogP contribution in [0, 0.1) is 11.3 Å². The normalized spacial score (nSPS) is 17.3. The van der Waals surface area contributed by atoms with E-state index in [-0.39, 0.29) is 0 Å². The molecule has 0 aromatic heterocycles. The van der Waals surface area contributed by atoms with Crippen molar-refractivity contribution in [2.45, 2.75) is 0 Å². The fourth-order valence-electron chi connectivity index (χ4n) is 1.92. The predicted octanol–water partition coefficient (Wildman–Crippen LogP) is 2.27. The van der Waals surface area contributed by atoms with Gasteiger partial charge >= 0.3 is 0 Å². The summed E-state index contributed by atoms with van der Waals surface area (Å²) in [7, 11) is 0. The average Bonchev–Trinajstić information content (AvgIpc) is 2.38. The highest BCUT2D eigenvalue weighted by molar-refractivity contribution is 5.74. The minimum absolute atomic E-state index is 0.351. The number of para-hydroxylation sites is 1. The molecule has 0 N–H and O–H groups in total. The maximum atomic E-state index is 8.81. The maximum absolute atomic E-state index is 8.81. The highest BCUT2D eigenvalue weighted by Gasteiger charge is 2.23. The van der Waals surface area contributed by atoms with Gasteiger partial charge in [-0.25, -0.2) is 0 Å². The van der Waals surface area contributed by atoms with Gasteiger partial charge in [-0.1, -0.05) is 12.1 Å². The zero-order chi connectivity index (χ0) is 11.0. The minimum atomic E-state index is 0.351. The van der Waals surface area contributed by atoms with Crippen molar-refractivity contribution < 1.29 is 9.47 Å². The van der Waals surface area contributed by atoms with Gasteiger partial charge in [-0.3, -0.25) is 0 Å². The molecule has 16 heavy (non-hydrogen) atoms. The van der Waals surface area contributed by atoms with Gasteiger partial charge < -0.3 is 9.47 Å². The number of nitrogens with zero attached hydrogens (tertiary/aromatic N) is 1. The smallest absolute Gasteiger partial charge is 0.137 e. The molecule has 0 radical (unpaired) electrons. The van der Waals surface area contributed by atoms with E-state index < -0.39 is 0 Å². The lowest BCUT2D eigenvalue weighted by atomic mass is 10.0. The van der Waals surface area contributed by atoms with Crippen LogP contribution in [0.15, 0.2) is 41.5 Å². The van der Waals surface area contributed by atoms with E-state index in [4.69, 9.17) is 14.7 Å². The first-order valence-corrected chi connectivity index (χ1v) is 5.07. The molecule has 78 valence electrons. The van der Waals surface area contributed by atoms with Gasteiger partial charge in [-0.05, 0) is 18.2 Å².